The van der Waals surface area contributed by atoms with E-state index < -0.39 is 0 Å². The molecule has 0 saturated heterocycles. The summed E-state index contributed by atoms with van der Waals surface area (Å²) in [6.07, 6.45) is 1.89. The van der Waals surface area contributed by atoms with Crippen molar-refractivity contribution in [2.45, 2.75) is 33.1 Å². The molecule has 0 aliphatic carbocycles. The number of hydrogen-bond donors (Lipinski definition) is 1. The van der Waals surface area contributed by atoms with Crippen molar-refractivity contribution in [3.8, 4) is 63.0 Å². The van der Waals surface area contributed by atoms with E-state index in [9.17, 15) is 0 Å². The van der Waals surface area contributed by atoms with Crippen molar-refractivity contribution < 1.29 is 44.1 Å². The summed E-state index contributed by atoms with van der Waals surface area (Å²) in [5.74, 6) is 4.13. The molecule has 0 unspecified atom stereocenters. The Bertz CT molecular complexity index is 4470. The first-order valence-electron chi connectivity index (χ1n) is 26.5. The molecule has 0 radical (unpaired) electrons. The number of hydrogen-bond acceptors (Lipinski definition) is 8. The zero-order valence-corrected chi connectivity index (χ0v) is 46.3. The molecule has 0 atom stereocenters. The number of para-hydroxylation sites is 5. The summed E-state index contributed by atoms with van der Waals surface area (Å²) in [6.45, 7) is 10.5. The molecule has 6 heterocycles. The normalized spacial score (nSPS) is 12.4. The quantitative estimate of drug-likeness (QED) is 0.107. The van der Waals surface area contributed by atoms with Crippen LogP contribution in [0.5, 0.6) is 34.9 Å². The largest absolute Gasteiger partial charge is 0.536 e. The van der Waals surface area contributed by atoms with Crippen molar-refractivity contribution >= 4 is 83.9 Å². The second-order valence-electron chi connectivity index (χ2n) is 21.2. The molecule has 80 heavy (non-hydrogen) atoms. The van der Waals surface area contributed by atoms with Crippen LogP contribution in [-0.4, -0.2) is 16.3 Å². The van der Waals surface area contributed by atoms with Crippen LogP contribution in [0.3, 0.4) is 0 Å². The van der Waals surface area contributed by atoms with E-state index in [0.717, 1.165) is 105 Å². The first kappa shape index (κ1) is 49.1. The number of nitrogens with zero attached hydrogens (tertiary/aromatic N) is 3. The van der Waals surface area contributed by atoms with E-state index in [1.807, 2.05) is 79.6 Å². The molecule has 9 nitrogen and oxygen atoms in total. The molecule has 0 amide bonds. The molecule has 1 N–H and O–H groups in total. The molecule has 0 fully saturated rings. The first-order chi connectivity index (χ1) is 38.7. The van der Waals surface area contributed by atoms with E-state index in [2.05, 4.69) is 188 Å². The zero-order chi connectivity index (χ0) is 52.9. The Balaban J connectivity index is 0.00000577. The minimum atomic E-state index is -0.271. The van der Waals surface area contributed by atoms with E-state index in [1.54, 1.807) is 0 Å². The summed E-state index contributed by atoms with van der Waals surface area (Å²) >= 11 is 0. The number of aromatic nitrogens is 2. The summed E-state index contributed by atoms with van der Waals surface area (Å²) < 4.78 is 35.7. The SMILES string of the molecule is Cc1ccccc1N([CH-]Nc1[c-]c(Oc2[c-]c3c(cc2)c2ccccc2n3-c2cc(C(C)(C)C)ccn2)ccc1)c1c(-c2ccccc2)cccc1-c1cc2c3c(c1)Oc1oc4ccccc4c1B3c1c(oc3ccccc13)O2.[Pt]. The van der Waals surface area contributed by atoms with Crippen LogP contribution in [0.15, 0.2) is 215 Å². The van der Waals surface area contributed by atoms with Crippen molar-refractivity contribution in [1.29, 1.82) is 0 Å². The minimum absolute atomic E-state index is 0. The Labute approximate surface area is 477 Å². The number of anilines is 3. The van der Waals surface area contributed by atoms with Crippen LogP contribution in [0.4, 0.5) is 17.1 Å². The van der Waals surface area contributed by atoms with Crippen molar-refractivity contribution in [1.82, 2.24) is 9.55 Å². The molecule has 0 spiro atoms. The van der Waals surface area contributed by atoms with Gasteiger partial charge in [-0.3, -0.25) is 0 Å². The fourth-order valence-electron chi connectivity index (χ4n) is 11.6. The topological polar surface area (TPSA) is 87.1 Å². The van der Waals surface area contributed by atoms with Gasteiger partial charge in [-0.2, -0.15) is 24.9 Å². The average Bonchev–Trinajstić information content (AvgIpc) is 3.72. The van der Waals surface area contributed by atoms with Crippen molar-refractivity contribution in [3.63, 3.8) is 0 Å². The average molecular weight is 1220 g/mol. The zero-order valence-electron chi connectivity index (χ0n) is 44.0. The molecule has 15 rings (SSSR count). The van der Waals surface area contributed by atoms with Crippen LogP contribution >= 0.6 is 0 Å². The number of fused-ring (bicyclic) bond motifs is 11. The summed E-state index contributed by atoms with van der Waals surface area (Å²) in [4.78, 5) is 7.09. The van der Waals surface area contributed by atoms with Crippen LogP contribution in [0.25, 0.3) is 71.8 Å². The van der Waals surface area contributed by atoms with Gasteiger partial charge in [0.15, 0.2) is 0 Å². The number of nitrogens with one attached hydrogen (secondary N) is 1. The number of ether oxygens (including phenoxy) is 3. The van der Waals surface area contributed by atoms with Gasteiger partial charge in [0.1, 0.15) is 28.5 Å². The second kappa shape index (κ2) is 19.3. The van der Waals surface area contributed by atoms with Crippen molar-refractivity contribution in [2.24, 2.45) is 0 Å². The number of benzene rings is 9. The van der Waals surface area contributed by atoms with E-state index in [0.29, 0.717) is 40.6 Å². The standard InChI is InChI=1S/C69H48BN4O5.Pt/c1-42-18-8-12-28-55(42)73(41-72-46-21-16-22-47(39-46)75-48-32-33-52-51-23-9-13-29-56(51)74(57(52)40-48)62-38-45(34-35-71-62)69(2,3)4)66-49(43-19-6-5-7-20-43)26-17-27-50(66)44-36-60-65-61(37-44)79-68-64(54-25-11-15-31-59(54)77-68)70(65)63-53-24-10-14-30-58(53)76-67(63)78-60;/h5-38,41,72H,1-4H3;/q-3;. The number of rotatable bonds is 10. The molecule has 2 aliphatic heterocycles. The second-order valence-corrected chi connectivity index (χ2v) is 21.2. The fourth-order valence-corrected chi connectivity index (χ4v) is 11.6. The van der Waals surface area contributed by atoms with E-state index >= 15 is 0 Å². The van der Waals surface area contributed by atoms with Crippen LogP contribution < -0.4 is 40.8 Å². The van der Waals surface area contributed by atoms with Gasteiger partial charge in [-0.25, -0.2) is 4.98 Å². The molecule has 9 aromatic carbocycles. The van der Waals surface area contributed by atoms with Gasteiger partial charge in [0, 0.05) is 93.9 Å². The molecule has 11 heteroatoms. The Morgan fingerprint density at radius 2 is 1.21 bits per heavy atom. The molecule has 390 valence electrons. The van der Waals surface area contributed by atoms with Gasteiger partial charge in [-0.1, -0.05) is 148 Å². The first-order valence-corrected chi connectivity index (χ1v) is 26.5. The Kier molecular flexibility index (Phi) is 11.8. The van der Waals surface area contributed by atoms with Crippen LogP contribution in [0.2, 0.25) is 0 Å². The molecule has 0 saturated carbocycles. The van der Waals surface area contributed by atoms with Gasteiger partial charge in [0.25, 0.3) is 18.6 Å². The fraction of sp³-hybridized carbons (Fsp3) is 0.0725. The molecular weight excluding hydrogens is 1170 g/mol. The summed E-state index contributed by atoms with van der Waals surface area (Å²) in [5.41, 5.74) is 14.9. The number of aryl methyl sites for hydroxylation is 1. The molecule has 2 aliphatic rings. The monoisotopic (exact) mass is 1220 g/mol. The Morgan fingerprint density at radius 1 is 0.588 bits per heavy atom. The maximum atomic E-state index is 6.90. The Hall–Kier alpha value is -9.24. The maximum absolute atomic E-state index is 6.90. The molecule has 13 aromatic rings. The van der Waals surface area contributed by atoms with Gasteiger partial charge in [-0.05, 0) is 88.5 Å². The predicted molar refractivity (Wildman–Crippen MR) is 317 cm³/mol. The minimum Gasteiger partial charge on any atom is -0.536 e. The van der Waals surface area contributed by atoms with Gasteiger partial charge in [0.05, 0.1) is 0 Å². The van der Waals surface area contributed by atoms with Crippen LogP contribution in [0.1, 0.15) is 31.9 Å². The number of pyridine rings is 1. The van der Waals surface area contributed by atoms with E-state index in [1.165, 1.54) is 5.56 Å². The van der Waals surface area contributed by atoms with Crippen molar-refractivity contribution in [2.75, 3.05) is 10.2 Å². The third-order valence-electron chi connectivity index (χ3n) is 15.4. The van der Waals surface area contributed by atoms with Gasteiger partial charge >= 0.3 is 0 Å². The van der Waals surface area contributed by atoms with Crippen LogP contribution in [0, 0.1) is 25.7 Å². The third kappa shape index (κ3) is 8.16. The Morgan fingerprint density at radius 3 is 1.93 bits per heavy atom. The molecule has 0 bridgehead atoms. The van der Waals surface area contributed by atoms with Gasteiger partial charge in [0.2, 0.25) is 0 Å². The van der Waals surface area contributed by atoms with Gasteiger partial charge in [-0.15, -0.1) is 35.3 Å². The van der Waals surface area contributed by atoms with Crippen molar-refractivity contribution in [3.05, 3.63) is 236 Å². The van der Waals surface area contributed by atoms with Gasteiger partial charge < -0.3 is 37.8 Å². The maximum Gasteiger partial charge on any atom is 0.285 e. The third-order valence-corrected chi connectivity index (χ3v) is 15.4. The number of furan rings is 2. The molecular formula is C69H48BN4O5Pt-3. The predicted octanol–water partition coefficient (Wildman–Crippen LogP) is 16.1. The smallest absolute Gasteiger partial charge is 0.285 e. The van der Waals surface area contributed by atoms with E-state index in [-0.39, 0.29) is 33.2 Å². The van der Waals surface area contributed by atoms with Crippen LogP contribution in [-0.2, 0) is 26.5 Å². The summed E-state index contributed by atoms with van der Waals surface area (Å²) in [5, 5.41) is 7.80. The molecule has 4 aromatic heterocycles. The van der Waals surface area contributed by atoms with E-state index in [4.69, 9.17) is 28.0 Å². The summed E-state index contributed by atoms with van der Waals surface area (Å²) in [7, 11) is 0. The summed E-state index contributed by atoms with van der Waals surface area (Å²) in [6, 6.07) is 75.5.